The average Bonchev–Trinajstić information content (AvgIpc) is 3.08. The number of rotatable bonds is 4. The van der Waals surface area contributed by atoms with Crippen LogP contribution in [0.25, 0.3) is 5.52 Å². The summed E-state index contributed by atoms with van der Waals surface area (Å²) in [4.78, 5) is 4.11. The van der Waals surface area contributed by atoms with Crippen molar-refractivity contribution in [3.05, 3.63) is 24.2 Å². The molecule has 7 heteroatoms. The lowest BCUT2D eigenvalue weighted by Gasteiger charge is -2.13. The molecule has 0 bridgehead atoms. The number of hydrogen-bond donors (Lipinski definition) is 1. The standard InChI is InChI=1S/C14H20N4O2S/c1-10(2)12-7-8-13-14(15-9-16-18(12)13)17-21(19,20)11-5-3-4-6-11/h7-11H,3-6H2,1-2H3,(H,15,16,17). The van der Waals surface area contributed by atoms with E-state index in [1.165, 1.54) is 6.33 Å². The van der Waals surface area contributed by atoms with Crippen LogP contribution in [0.15, 0.2) is 18.5 Å². The van der Waals surface area contributed by atoms with Gasteiger partial charge in [-0.05, 0) is 30.9 Å². The fourth-order valence-corrected chi connectivity index (χ4v) is 4.43. The molecule has 0 amide bonds. The van der Waals surface area contributed by atoms with Crippen molar-refractivity contribution < 1.29 is 8.42 Å². The van der Waals surface area contributed by atoms with Gasteiger partial charge in [-0.2, -0.15) is 5.10 Å². The number of anilines is 1. The van der Waals surface area contributed by atoms with Gasteiger partial charge >= 0.3 is 0 Å². The van der Waals surface area contributed by atoms with E-state index in [-0.39, 0.29) is 5.25 Å². The zero-order valence-electron chi connectivity index (χ0n) is 12.3. The Balaban J connectivity index is 1.97. The molecule has 1 saturated carbocycles. The van der Waals surface area contributed by atoms with E-state index < -0.39 is 10.0 Å². The first-order valence-corrected chi connectivity index (χ1v) is 8.88. The topological polar surface area (TPSA) is 76.4 Å². The quantitative estimate of drug-likeness (QED) is 0.941. The third kappa shape index (κ3) is 2.62. The zero-order valence-corrected chi connectivity index (χ0v) is 13.1. The number of nitrogens with one attached hydrogen (secondary N) is 1. The molecule has 0 atom stereocenters. The zero-order chi connectivity index (χ0) is 15.0. The molecule has 21 heavy (non-hydrogen) atoms. The largest absolute Gasteiger partial charge is 0.265 e. The van der Waals surface area contributed by atoms with E-state index >= 15 is 0 Å². The van der Waals surface area contributed by atoms with Crippen LogP contribution in [0, 0.1) is 0 Å². The molecule has 1 fully saturated rings. The summed E-state index contributed by atoms with van der Waals surface area (Å²) in [6.45, 7) is 4.15. The maximum atomic E-state index is 12.4. The van der Waals surface area contributed by atoms with E-state index in [4.69, 9.17) is 0 Å². The van der Waals surface area contributed by atoms with Crippen LogP contribution in [-0.2, 0) is 10.0 Å². The van der Waals surface area contributed by atoms with E-state index in [1.54, 1.807) is 4.52 Å². The predicted octanol–water partition coefficient (Wildman–Crippen LogP) is 2.54. The van der Waals surface area contributed by atoms with Crippen molar-refractivity contribution in [3.63, 3.8) is 0 Å². The van der Waals surface area contributed by atoms with E-state index in [0.717, 1.165) is 31.4 Å². The highest BCUT2D eigenvalue weighted by Crippen LogP contribution is 2.27. The van der Waals surface area contributed by atoms with Crippen LogP contribution in [0.4, 0.5) is 5.82 Å². The van der Waals surface area contributed by atoms with Gasteiger partial charge in [0.2, 0.25) is 10.0 Å². The highest BCUT2D eigenvalue weighted by atomic mass is 32.2. The summed E-state index contributed by atoms with van der Waals surface area (Å²) in [5.74, 6) is 0.672. The normalized spacial score (nSPS) is 16.9. The average molecular weight is 308 g/mol. The number of fused-ring (bicyclic) bond motifs is 1. The van der Waals surface area contributed by atoms with E-state index in [1.807, 2.05) is 12.1 Å². The van der Waals surface area contributed by atoms with Gasteiger partial charge in [-0.1, -0.05) is 26.7 Å². The first-order valence-electron chi connectivity index (χ1n) is 7.33. The highest BCUT2D eigenvalue weighted by Gasteiger charge is 2.29. The maximum absolute atomic E-state index is 12.4. The number of hydrogen-bond acceptors (Lipinski definition) is 4. The molecule has 6 nitrogen and oxygen atoms in total. The summed E-state index contributed by atoms with van der Waals surface area (Å²) in [5, 5.41) is 3.92. The first-order chi connectivity index (χ1) is 9.99. The van der Waals surface area contributed by atoms with E-state index in [2.05, 4.69) is 28.7 Å². The van der Waals surface area contributed by atoms with Gasteiger partial charge in [0.05, 0.1) is 5.25 Å². The van der Waals surface area contributed by atoms with Crippen LogP contribution < -0.4 is 4.72 Å². The Morgan fingerprint density at radius 2 is 2.00 bits per heavy atom. The fraction of sp³-hybridized carbons (Fsp3) is 0.571. The molecule has 1 N–H and O–H groups in total. The van der Waals surface area contributed by atoms with Gasteiger partial charge in [0.1, 0.15) is 11.8 Å². The van der Waals surface area contributed by atoms with Crippen molar-refractivity contribution >= 4 is 21.4 Å². The number of nitrogens with zero attached hydrogens (tertiary/aromatic N) is 3. The molecule has 0 saturated heterocycles. The monoisotopic (exact) mass is 308 g/mol. The second-order valence-corrected chi connectivity index (χ2v) is 7.83. The van der Waals surface area contributed by atoms with Crippen molar-refractivity contribution in [2.75, 3.05) is 4.72 Å². The van der Waals surface area contributed by atoms with Crippen molar-refractivity contribution in [1.82, 2.24) is 14.6 Å². The van der Waals surface area contributed by atoms with Crippen molar-refractivity contribution in [3.8, 4) is 0 Å². The van der Waals surface area contributed by atoms with Gasteiger partial charge in [-0.15, -0.1) is 0 Å². The van der Waals surface area contributed by atoms with Crippen LogP contribution in [0.1, 0.15) is 51.1 Å². The Labute approximate surface area is 124 Å². The number of aromatic nitrogens is 3. The van der Waals surface area contributed by atoms with Gasteiger partial charge in [0, 0.05) is 5.69 Å². The fourth-order valence-electron chi connectivity index (χ4n) is 2.89. The van der Waals surface area contributed by atoms with E-state index in [9.17, 15) is 8.42 Å². The Morgan fingerprint density at radius 1 is 1.29 bits per heavy atom. The molecule has 2 heterocycles. The summed E-state index contributed by atoms with van der Waals surface area (Å²) in [6, 6.07) is 3.82. The third-order valence-electron chi connectivity index (χ3n) is 4.05. The summed E-state index contributed by atoms with van der Waals surface area (Å²) in [6.07, 6.45) is 4.82. The molecule has 2 aromatic rings. The second kappa shape index (κ2) is 5.29. The molecule has 0 radical (unpaired) electrons. The highest BCUT2D eigenvalue weighted by molar-refractivity contribution is 7.93. The Morgan fingerprint density at radius 3 is 2.67 bits per heavy atom. The molecule has 1 aliphatic carbocycles. The van der Waals surface area contributed by atoms with Crippen LogP contribution in [0.5, 0.6) is 0 Å². The van der Waals surface area contributed by atoms with Gasteiger partial charge in [0.15, 0.2) is 5.82 Å². The molecular weight excluding hydrogens is 288 g/mol. The van der Waals surface area contributed by atoms with Crippen molar-refractivity contribution in [2.45, 2.75) is 50.7 Å². The molecular formula is C14H20N4O2S. The van der Waals surface area contributed by atoms with Crippen molar-refractivity contribution in [1.29, 1.82) is 0 Å². The Kier molecular flexibility index (Phi) is 3.61. The third-order valence-corrected chi connectivity index (χ3v) is 5.88. The molecule has 1 aliphatic rings. The summed E-state index contributed by atoms with van der Waals surface area (Å²) in [7, 11) is -3.37. The molecule has 3 rings (SSSR count). The molecule has 0 spiro atoms. The summed E-state index contributed by atoms with van der Waals surface area (Å²) >= 11 is 0. The number of sulfonamides is 1. The summed E-state index contributed by atoms with van der Waals surface area (Å²) < 4.78 is 29.2. The Hall–Kier alpha value is -1.63. The second-order valence-electron chi connectivity index (χ2n) is 5.87. The van der Waals surface area contributed by atoms with Crippen LogP contribution >= 0.6 is 0 Å². The molecule has 114 valence electrons. The van der Waals surface area contributed by atoms with Crippen LogP contribution in [0.3, 0.4) is 0 Å². The van der Waals surface area contributed by atoms with Crippen LogP contribution in [-0.4, -0.2) is 28.3 Å². The predicted molar refractivity (Wildman–Crippen MR) is 81.9 cm³/mol. The molecule has 0 unspecified atom stereocenters. The molecule has 0 aromatic carbocycles. The lowest BCUT2D eigenvalue weighted by molar-refractivity contribution is 0.585. The van der Waals surface area contributed by atoms with E-state index in [0.29, 0.717) is 17.3 Å². The van der Waals surface area contributed by atoms with Gasteiger partial charge < -0.3 is 0 Å². The van der Waals surface area contributed by atoms with Gasteiger partial charge in [0.25, 0.3) is 0 Å². The lowest BCUT2D eigenvalue weighted by Crippen LogP contribution is -2.26. The van der Waals surface area contributed by atoms with Gasteiger partial charge in [-0.25, -0.2) is 17.9 Å². The molecule has 2 aromatic heterocycles. The SMILES string of the molecule is CC(C)c1ccc2c(NS(=O)(=O)C3CCCC3)ncnn12. The minimum absolute atomic E-state index is 0.299. The molecule has 0 aliphatic heterocycles. The minimum atomic E-state index is -3.37. The smallest absolute Gasteiger partial charge is 0.236 e. The maximum Gasteiger partial charge on any atom is 0.236 e. The minimum Gasteiger partial charge on any atom is -0.265 e. The van der Waals surface area contributed by atoms with Gasteiger partial charge in [-0.3, -0.25) is 4.72 Å². The van der Waals surface area contributed by atoms with Crippen LogP contribution in [0.2, 0.25) is 0 Å². The summed E-state index contributed by atoms with van der Waals surface area (Å²) in [5.41, 5.74) is 1.73. The van der Waals surface area contributed by atoms with Crippen molar-refractivity contribution in [2.24, 2.45) is 0 Å². The first kappa shape index (κ1) is 14.3. The Bertz CT molecular complexity index is 745. The lowest BCUT2D eigenvalue weighted by atomic mass is 10.1.